The van der Waals surface area contributed by atoms with Crippen molar-refractivity contribution in [1.82, 2.24) is 4.57 Å². The molecule has 0 amide bonds. The molecule has 0 atom stereocenters. The van der Waals surface area contributed by atoms with Crippen LogP contribution in [0.1, 0.15) is 57.3 Å². The molecular weight excluding hydrogens is 318 g/mol. The van der Waals surface area contributed by atoms with E-state index in [1.165, 1.54) is 5.52 Å². The molecule has 0 radical (unpaired) electrons. The van der Waals surface area contributed by atoms with Crippen LogP contribution in [0.5, 0.6) is 0 Å². The van der Waals surface area contributed by atoms with Crippen LogP contribution in [-0.2, 0) is 6.54 Å². The number of alkyl halides is 1. The molecule has 1 aliphatic carbocycles. The number of aryl methyl sites for hydroxylation is 1. The lowest BCUT2D eigenvalue weighted by Crippen LogP contribution is -2.07. The lowest BCUT2D eigenvalue weighted by molar-refractivity contribution is 0.0946. The molecule has 1 aromatic carbocycles. The zero-order chi connectivity index (χ0) is 17.5. The fraction of sp³-hybridized carbons (Fsp3) is 0.571. The second-order valence-corrected chi connectivity index (χ2v) is 8.62. The third kappa shape index (κ3) is 2.69. The number of rotatable bonds is 7. The number of hydrogen-bond acceptors (Lipinski definition) is 1. The van der Waals surface area contributed by atoms with Crippen molar-refractivity contribution in [2.24, 2.45) is 16.7 Å². The molecule has 0 saturated heterocycles. The van der Waals surface area contributed by atoms with E-state index in [0.29, 0.717) is 5.78 Å². The highest BCUT2D eigenvalue weighted by molar-refractivity contribution is 6.17. The van der Waals surface area contributed by atoms with Crippen LogP contribution >= 0.6 is 11.6 Å². The van der Waals surface area contributed by atoms with E-state index in [-0.39, 0.29) is 16.7 Å². The van der Waals surface area contributed by atoms with E-state index in [1.807, 2.05) is 6.07 Å². The second-order valence-electron chi connectivity index (χ2n) is 8.24. The normalized spacial score (nSPS) is 18.9. The predicted octanol–water partition coefficient (Wildman–Crippen LogP) is 5.92. The van der Waals surface area contributed by atoms with Crippen LogP contribution in [-0.4, -0.2) is 16.2 Å². The van der Waals surface area contributed by atoms with E-state index < -0.39 is 0 Å². The molecule has 3 rings (SSSR count). The van der Waals surface area contributed by atoms with E-state index in [9.17, 15) is 4.79 Å². The zero-order valence-electron chi connectivity index (χ0n) is 15.2. The van der Waals surface area contributed by atoms with Crippen molar-refractivity contribution in [2.45, 2.75) is 53.5 Å². The first-order chi connectivity index (χ1) is 11.3. The molecule has 0 unspecified atom stereocenters. The number of unbranched alkanes of at least 4 members (excludes halogenated alkanes) is 2. The first kappa shape index (κ1) is 17.5. The summed E-state index contributed by atoms with van der Waals surface area (Å²) in [7, 11) is 0. The number of benzene rings is 1. The lowest BCUT2D eigenvalue weighted by Gasteiger charge is -2.04. The molecule has 0 bridgehead atoms. The van der Waals surface area contributed by atoms with Gasteiger partial charge in [-0.25, -0.2) is 0 Å². The van der Waals surface area contributed by atoms with Crippen LogP contribution in [0.15, 0.2) is 30.5 Å². The fourth-order valence-electron chi connectivity index (χ4n) is 4.19. The third-order valence-electron chi connectivity index (χ3n) is 6.37. The van der Waals surface area contributed by atoms with Crippen LogP contribution < -0.4 is 0 Å². The van der Waals surface area contributed by atoms with Gasteiger partial charge in [0.15, 0.2) is 5.78 Å². The minimum Gasteiger partial charge on any atom is -0.347 e. The SMILES string of the molecule is CC1(C)C(C(=O)c2cn(CCCCCCl)c3ccccc23)C1(C)C. The first-order valence-electron chi connectivity index (χ1n) is 9.00. The molecule has 3 heteroatoms. The number of halogens is 1. The summed E-state index contributed by atoms with van der Waals surface area (Å²) >= 11 is 5.77. The number of ketones is 1. The summed E-state index contributed by atoms with van der Waals surface area (Å²) < 4.78 is 2.25. The van der Waals surface area contributed by atoms with Crippen LogP contribution in [0.4, 0.5) is 0 Å². The molecule has 2 aromatic rings. The maximum atomic E-state index is 13.2. The third-order valence-corrected chi connectivity index (χ3v) is 6.64. The summed E-state index contributed by atoms with van der Waals surface area (Å²) in [6.45, 7) is 9.78. The van der Waals surface area contributed by atoms with Crippen molar-refractivity contribution in [2.75, 3.05) is 5.88 Å². The van der Waals surface area contributed by atoms with Crippen LogP contribution in [0, 0.1) is 16.7 Å². The smallest absolute Gasteiger partial charge is 0.169 e. The van der Waals surface area contributed by atoms with Crippen molar-refractivity contribution in [3.05, 3.63) is 36.0 Å². The van der Waals surface area contributed by atoms with Gasteiger partial charge in [0.05, 0.1) is 0 Å². The van der Waals surface area contributed by atoms with E-state index in [2.05, 4.69) is 56.7 Å². The zero-order valence-corrected chi connectivity index (χ0v) is 16.0. The van der Waals surface area contributed by atoms with Crippen molar-refractivity contribution in [3.8, 4) is 0 Å². The Hall–Kier alpha value is -1.28. The van der Waals surface area contributed by atoms with E-state index in [0.717, 1.165) is 42.6 Å². The highest BCUT2D eigenvalue weighted by Crippen LogP contribution is 2.69. The molecule has 1 saturated carbocycles. The summed E-state index contributed by atoms with van der Waals surface area (Å²) in [6, 6.07) is 8.29. The standard InChI is InChI=1S/C21H28ClNO/c1-20(2)19(21(20,3)4)18(24)16-14-23(13-9-5-8-12-22)17-11-7-6-10-15(16)17/h6-7,10-11,14,19H,5,8-9,12-13H2,1-4H3. The first-order valence-corrected chi connectivity index (χ1v) is 9.54. The van der Waals surface area contributed by atoms with Gasteiger partial charge in [-0.15, -0.1) is 11.6 Å². The number of hydrogen-bond donors (Lipinski definition) is 0. The monoisotopic (exact) mass is 345 g/mol. The largest absolute Gasteiger partial charge is 0.347 e. The van der Waals surface area contributed by atoms with Gasteiger partial charge in [0.2, 0.25) is 0 Å². The number of carbonyl (C=O) groups is 1. The Morgan fingerprint density at radius 3 is 2.38 bits per heavy atom. The number of fused-ring (bicyclic) bond motifs is 1. The minimum absolute atomic E-state index is 0.0770. The molecule has 1 aromatic heterocycles. The lowest BCUT2D eigenvalue weighted by atomic mass is 10.0. The van der Waals surface area contributed by atoms with Gasteiger partial charge in [0, 0.05) is 41.0 Å². The molecule has 0 spiro atoms. The average molecular weight is 346 g/mol. The highest BCUT2D eigenvalue weighted by Gasteiger charge is 2.68. The number of nitrogens with zero attached hydrogens (tertiary/aromatic N) is 1. The van der Waals surface area contributed by atoms with Crippen molar-refractivity contribution >= 4 is 28.3 Å². The molecule has 0 N–H and O–H groups in total. The van der Waals surface area contributed by atoms with Gasteiger partial charge in [-0.05, 0) is 29.7 Å². The van der Waals surface area contributed by atoms with Gasteiger partial charge in [0.1, 0.15) is 0 Å². The number of carbonyl (C=O) groups excluding carboxylic acids is 1. The van der Waals surface area contributed by atoms with E-state index >= 15 is 0 Å². The van der Waals surface area contributed by atoms with Crippen LogP contribution in [0.25, 0.3) is 10.9 Å². The minimum atomic E-state index is 0.0770. The van der Waals surface area contributed by atoms with Gasteiger partial charge < -0.3 is 4.57 Å². The topological polar surface area (TPSA) is 22.0 Å². The van der Waals surface area contributed by atoms with Gasteiger partial charge >= 0.3 is 0 Å². The number of Topliss-reactive ketones (excluding diaryl/α,β-unsaturated/α-hetero) is 1. The molecule has 1 heterocycles. The second kappa shape index (κ2) is 6.22. The Balaban J connectivity index is 1.90. The summed E-state index contributed by atoms with van der Waals surface area (Å²) in [5.74, 6) is 1.14. The summed E-state index contributed by atoms with van der Waals surface area (Å²) in [4.78, 5) is 13.2. The summed E-state index contributed by atoms with van der Waals surface area (Å²) in [6.07, 6.45) is 5.36. The molecule has 2 nitrogen and oxygen atoms in total. The van der Waals surface area contributed by atoms with Crippen LogP contribution in [0.2, 0.25) is 0 Å². The van der Waals surface area contributed by atoms with Gasteiger partial charge in [0.25, 0.3) is 0 Å². The van der Waals surface area contributed by atoms with E-state index in [4.69, 9.17) is 11.6 Å². The highest BCUT2D eigenvalue weighted by atomic mass is 35.5. The number of aromatic nitrogens is 1. The number of para-hydroxylation sites is 1. The Labute approximate surface area is 150 Å². The average Bonchev–Trinajstić information content (AvgIpc) is 2.83. The molecular formula is C21H28ClNO. The van der Waals surface area contributed by atoms with Crippen molar-refractivity contribution < 1.29 is 4.79 Å². The molecule has 1 fully saturated rings. The van der Waals surface area contributed by atoms with Crippen LogP contribution in [0.3, 0.4) is 0 Å². The summed E-state index contributed by atoms with van der Waals surface area (Å²) in [5, 5.41) is 1.10. The Morgan fingerprint density at radius 1 is 1.08 bits per heavy atom. The summed E-state index contributed by atoms with van der Waals surface area (Å²) in [5.41, 5.74) is 2.22. The van der Waals surface area contributed by atoms with Gasteiger partial charge in [-0.3, -0.25) is 4.79 Å². The molecule has 0 aliphatic heterocycles. The van der Waals surface area contributed by atoms with Gasteiger partial charge in [-0.2, -0.15) is 0 Å². The van der Waals surface area contributed by atoms with Gasteiger partial charge in [-0.1, -0.05) is 52.3 Å². The fourth-order valence-corrected chi connectivity index (χ4v) is 4.38. The van der Waals surface area contributed by atoms with E-state index in [1.54, 1.807) is 0 Å². The Bertz CT molecular complexity index is 742. The Kier molecular flexibility index (Phi) is 4.55. The quantitative estimate of drug-likeness (QED) is 0.347. The molecule has 1 aliphatic rings. The Morgan fingerprint density at radius 2 is 1.75 bits per heavy atom. The van der Waals surface area contributed by atoms with Crippen molar-refractivity contribution in [1.29, 1.82) is 0 Å². The molecule has 24 heavy (non-hydrogen) atoms. The maximum absolute atomic E-state index is 13.2. The maximum Gasteiger partial charge on any atom is 0.169 e. The predicted molar refractivity (Wildman–Crippen MR) is 102 cm³/mol. The molecule has 130 valence electrons. The van der Waals surface area contributed by atoms with Crippen molar-refractivity contribution in [3.63, 3.8) is 0 Å².